The molecule has 0 saturated carbocycles. The summed E-state index contributed by atoms with van der Waals surface area (Å²) in [6, 6.07) is 9.94. The number of carbonyl (C=O) groups excluding carboxylic acids is 1. The number of anilines is 2. The molecule has 1 aliphatic heterocycles. The largest absolute Gasteiger partial charge is 0.337 e. The molecule has 4 rings (SSSR count). The van der Waals surface area contributed by atoms with E-state index in [0.29, 0.717) is 16.4 Å². The van der Waals surface area contributed by atoms with Gasteiger partial charge < -0.3 is 5.32 Å². The first-order valence-electron chi connectivity index (χ1n) is 7.92. The normalized spacial score (nSPS) is 15.6. The van der Waals surface area contributed by atoms with Crippen molar-refractivity contribution in [3.05, 3.63) is 58.6 Å². The number of nitrogens with zero attached hydrogens (tertiary/aromatic N) is 4. The fourth-order valence-corrected chi connectivity index (χ4v) is 3.96. The molecule has 3 aromatic rings. The number of hydrogen-bond acceptors (Lipinski definition) is 7. The highest BCUT2D eigenvalue weighted by Crippen LogP contribution is 2.34. The Hall–Kier alpha value is -2.84. The molecule has 0 bridgehead atoms. The predicted molar refractivity (Wildman–Crippen MR) is 107 cm³/mol. The number of rotatable bonds is 4. The van der Waals surface area contributed by atoms with Crippen molar-refractivity contribution in [1.82, 2.24) is 9.97 Å². The monoisotopic (exact) mass is 381 g/mol. The summed E-state index contributed by atoms with van der Waals surface area (Å²) < 4.78 is 0. The van der Waals surface area contributed by atoms with Crippen LogP contribution in [0.3, 0.4) is 0 Å². The summed E-state index contributed by atoms with van der Waals surface area (Å²) in [5.41, 5.74) is 3.06. The number of aryl methyl sites for hydroxylation is 1. The standard InChI is InChI=1S/C18H15N5OS2/c1-11-14(10-20-17-19-8-9-25-17)16(24)23(22-11)18-21-15(12(2)26-18)13-6-4-3-5-7-13/h3-10H,1-2H3,(H,19,20)/b14-10+. The lowest BCUT2D eigenvalue weighted by Crippen LogP contribution is -2.21. The first kappa shape index (κ1) is 16.6. The topological polar surface area (TPSA) is 70.5 Å². The zero-order valence-electron chi connectivity index (χ0n) is 14.1. The van der Waals surface area contributed by atoms with Gasteiger partial charge >= 0.3 is 0 Å². The quantitative estimate of drug-likeness (QED) is 0.684. The predicted octanol–water partition coefficient (Wildman–Crippen LogP) is 4.29. The van der Waals surface area contributed by atoms with Gasteiger partial charge in [-0.3, -0.25) is 4.79 Å². The molecule has 0 unspecified atom stereocenters. The van der Waals surface area contributed by atoms with E-state index in [1.807, 2.05) is 49.6 Å². The van der Waals surface area contributed by atoms with Crippen LogP contribution in [-0.4, -0.2) is 21.6 Å². The number of carbonyl (C=O) groups is 1. The second-order valence-electron chi connectivity index (χ2n) is 5.61. The van der Waals surface area contributed by atoms with Crippen molar-refractivity contribution in [1.29, 1.82) is 0 Å². The Morgan fingerprint density at radius 2 is 2.00 bits per heavy atom. The van der Waals surface area contributed by atoms with Gasteiger partial charge in [0.1, 0.15) is 0 Å². The van der Waals surface area contributed by atoms with Gasteiger partial charge in [0.25, 0.3) is 5.91 Å². The molecule has 1 aliphatic rings. The Labute approximate surface area is 158 Å². The van der Waals surface area contributed by atoms with Crippen LogP contribution in [0.25, 0.3) is 11.3 Å². The molecule has 1 aromatic carbocycles. The summed E-state index contributed by atoms with van der Waals surface area (Å²) in [5, 5.41) is 12.0. The van der Waals surface area contributed by atoms with Crippen LogP contribution in [0, 0.1) is 6.92 Å². The van der Waals surface area contributed by atoms with Crippen molar-refractivity contribution in [2.75, 3.05) is 10.3 Å². The molecule has 0 spiro atoms. The minimum atomic E-state index is -0.195. The van der Waals surface area contributed by atoms with Gasteiger partial charge in [0.15, 0.2) is 5.13 Å². The molecular weight excluding hydrogens is 366 g/mol. The first-order valence-corrected chi connectivity index (χ1v) is 9.62. The third kappa shape index (κ3) is 3.04. The molecule has 1 N–H and O–H groups in total. The summed E-state index contributed by atoms with van der Waals surface area (Å²) >= 11 is 2.93. The van der Waals surface area contributed by atoms with Gasteiger partial charge in [0.05, 0.1) is 17.0 Å². The van der Waals surface area contributed by atoms with Crippen molar-refractivity contribution in [3.8, 4) is 11.3 Å². The second kappa shape index (κ2) is 6.81. The maximum absolute atomic E-state index is 12.8. The van der Waals surface area contributed by atoms with E-state index in [-0.39, 0.29) is 5.91 Å². The van der Waals surface area contributed by atoms with E-state index in [4.69, 9.17) is 0 Å². The number of benzene rings is 1. The number of nitrogens with one attached hydrogen (secondary N) is 1. The van der Waals surface area contributed by atoms with Crippen molar-refractivity contribution < 1.29 is 4.79 Å². The van der Waals surface area contributed by atoms with Crippen LogP contribution >= 0.6 is 22.7 Å². The van der Waals surface area contributed by atoms with Crippen LogP contribution in [-0.2, 0) is 4.79 Å². The first-order chi connectivity index (χ1) is 12.6. The summed E-state index contributed by atoms with van der Waals surface area (Å²) in [5.74, 6) is -0.195. The van der Waals surface area contributed by atoms with Gasteiger partial charge in [-0.2, -0.15) is 10.1 Å². The maximum atomic E-state index is 12.8. The molecule has 0 fully saturated rings. The van der Waals surface area contributed by atoms with Crippen LogP contribution in [0.4, 0.5) is 10.3 Å². The highest BCUT2D eigenvalue weighted by Gasteiger charge is 2.31. The Morgan fingerprint density at radius 3 is 2.73 bits per heavy atom. The zero-order chi connectivity index (χ0) is 18.1. The van der Waals surface area contributed by atoms with Crippen molar-refractivity contribution in [2.24, 2.45) is 5.10 Å². The molecule has 0 aliphatic carbocycles. The number of hydrogen-bond donors (Lipinski definition) is 1. The smallest absolute Gasteiger partial charge is 0.284 e. The van der Waals surface area contributed by atoms with Gasteiger partial charge in [0, 0.05) is 28.2 Å². The van der Waals surface area contributed by atoms with Crippen molar-refractivity contribution in [2.45, 2.75) is 13.8 Å². The SMILES string of the molecule is CC1=NN(c2nc(-c3ccccc3)c(C)s2)C(=O)/C1=C/Nc1nccs1. The molecule has 6 nitrogen and oxygen atoms in total. The fraction of sp³-hybridized carbons (Fsp3) is 0.111. The number of aromatic nitrogens is 2. The highest BCUT2D eigenvalue weighted by atomic mass is 32.1. The maximum Gasteiger partial charge on any atom is 0.284 e. The molecule has 1 amide bonds. The lowest BCUT2D eigenvalue weighted by Gasteiger charge is -2.06. The Balaban J connectivity index is 1.61. The third-order valence-corrected chi connectivity index (χ3v) is 5.50. The van der Waals surface area contributed by atoms with Gasteiger partial charge in [-0.25, -0.2) is 9.97 Å². The average Bonchev–Trinajstić information content (AvgIpc) is 3.35. The molecule has 3 heterocycles. The molecule has 130 valence electrons. The van der Waals surface area contributed by atoms with Crippen molar-refractivity contribution in [3.63, 3.8) is 0 Å². The summed E-state index contributed by atoms with van der Waals surface area (Å²) in [6.45, 7) is 3.81. The highest BCUT2D eigenvalue weighted by molar-refractivity contribution is 7.16. The average molecular weight is 381 g/mol. The lowest BCUT2D eigenvalue weighted by molar-refractivity contribution is -0.114. The molecular formula is C18H15N5OS2. The molecule has 0 atom stereocenters. The van der Waals surface area contributed by atoms with Crippen LogP contribution < -0.4 is 10.3 Å². The number of amides is 1. The van der Waals surface area contributed by atoms with E-state index in [1.165, 1.54) is 27.7 Å². The molecule has 8 heteroatoms. The van der Waals surface area contributed by atoms with Crippen LogP contribution in [0.15, 0.2) is 58.8 Å². The Morgan fingerprint density at radius 1 is 1.19 bits per heavy atom. The van der Waals surface area contributed by atoms with E-state index in [9.17, 15) is 4.79 Å². The zero-order valence-corrected chi connectivity index (χ0v) is 15.8. The lowest BCUT2D eigenvalue weighted by atomic mass is 10.1. The molecule has 0 saturated heterocycles. The number of hydrazone groups is 1. The van der Waals surface area contributed by atoms with Gasteiger partial charge in [-0.1, -0.05) is 41.7 Å². The van der Waals surface area contributed by atoms with Crippen LogP contribution in [0.5, 0.6) is 0 Å². The van der Waals surface area contributed by atoms with Gasteiger partial charge in [-0.15, -0.1) is 11.3 Å². The van der Waals surface area contributed by atoms with E-state index >= 15 is 0 Å². The second-order valence-corrected chi connectivity index (χ2v) is 7.69. The number of thiazole rings is 2. The molecule has 26 heavy (non-hydrogen) atoms. The van der Waals surface area contributed by atoms with E-state index in [1.54, 1.807) is 12.4 Å². The molecule has 0 radical (unpaired) electrons. The van der Waals surface area contributed by atoms with Gasteiger partial charge in [0.2, 0.25) is 5.13 Å². The Bertz CT molecular complexity index is 1010. The Kier molecular flexibility index (Phi) is 4.36. The van der Waals surface area contributed by atoms with Crippen molar-refractivity contribution >= 4 is 44.6 Å². The fourth-order valence-electron chi connectivity index (χ4n) is 2.58. The third-order valence-electron chi connectivity index (χ3n) is 3.85. The van der Waals surface area contributed by atoms with Gasteiger partial charge in [-0.05, 0) is 13.8 Å². The molecule has 2 aromatic heterocycles. The summed E-state index contributed by atoms with van der Waals surface area (Å²) in [6.07, 6.45) is 3.36. The van der Waals surface area contributed by atoms with E-state index < -0.39 is 0 Å². The van der Waals surface area contributed by atoms with E-state index in [2.05, 4.69) is 20.4 Å². The van der Waals surface area contributed by atoms with Crippen LogP contribution in [0.2, 0.25) is 0 Å². The van der Waals surface area contributed by atoms with E-state index in [0.717, 1.165) is 21.3 Å². The minimum absolute atomic E-state index is 0.195. The summed E-state index contributed by atoms with van der Waals surface area (Å²) in [4.78, 5) is 22.6. The summed E-state index contributed by atoms with van der Waals surface area (Å²) in [7, 11) is 0. The minimum Gasteiger partial charge on any atom is -0.337 e. The van der Waals surface area contributed by atoms with Crippen LogP contribution in [0.1, 0.15) is 11.8 Å².